The molecule has 0 radical (unpaired) electrons. The van der Waals surface area contributed by atoms with Crippen molar-refractivity contribution in [2.24, 2.45) is 0 Å². The van der Waals surface area contributed by atoms with Crippen molar-refractivity contribution < 1.29 is 0 Å². The molecule has 5 nitrogen and oxygen atoms in total. The van der Waals surface area contributed by atoms with Gasteiger partial charge in [0.05, 0.1) is 5.69 Å². The summed E-state index contributed by atoms with van der Waals surface area (Å²) < 4.78 is 4.14. The lowest BCUT2D eigenvalue weighted by molar-refractivity contribution is 0.644. The lowest BCUT2D eigenvalue weighted by Crippen LogP contribution is -2.25. The summed E-state index contributed by atoms with van der Waals surface area (Å²) in [4.78, 5) is 25.6. The second-order valence-electron chi connectivity index (χ2n) is 5.31. The lowest BCUT2D eigenvalue weighted by Gasteiger charge is -2.17. The normalized spacial score (nSPS) is 11.4. The smallest absolute Gasteiger partial charge is 0.245 e. The summed E-state index contributed by atoms with van der Waals surface area (Å²) in [7, 11) is 0. The van der Waals surface area contributed by atoms with Crippen LogP contribution in [0.2, 0.25) is 0 Å². The molecular formula is C18H15N3O2S. The third-order valence-corrected chi connectivity index (χ3v) is 4.82. The van der Waals surface area contributed by atoms with Crippen molar-refractivity contribution in [3.63, 3.8) is 0 Å². The molecule has 0 saturated carbocycles. The van der Waals surface area contributed by atoms with E-state index in [2.05, 4.69) is 0 Å². The maximum absolute atomic E-state index is 12.9. The van der Waals surface area contributed by atoms with Crippen molar-refractivity contribution >= 4 is 11.8 Å². The molecule has 4 aromatic rings. The second kappa shape index (κ2) is 5.72. The summed E-state index contributed by atoms with van der Waals surface area (Å²) in [6.07, 6.45) is 0. The second-order valence-corrected chi connectivity index (χ2v) is 6.57. The minimum Gasteiger partial charge on any atom is -0.245 e. The Balaban J connectivity index is 2.04. The Morgan fingerprint density at radius 3 is 2.04 bits per heavy atom. The van der Waals surface area contributed by atoms with Gasteiger partial charge in [0, 0.05) is 5.56 Å². The number of benzene rings is 2. The van der Waals surface area contributed by atoms with Crippen molar-refractivity contribution in [1.29, 1.82) is 0 Å². The minimum atomic E-state index is -0.342. The molecule has 0 fully saturated rings. The summed E-state index contributed by atoms with van der Waals surface area (Å²) in [6, 6.07) is 18.7. The predicted octanol–water partition coefficient (Wildman–Crippen LogP) is 2.77. The van der Waals surface area contributed by atoms with Gasteiger partial charge >= 0.3 is 11.4 Å². The minimum absolute atomic E-state index is 0.332. The third kappa shape index (κ3) is 2.03. The van der Waals surface area contributed by atoms with Crippen LogP contribution in [0.15, 0.2) is 75.3 Å². The van der Waals surface area contributed by atoms with Crippen LogP contribution in [0, 0.1) is 0 Å². The molecule has 120 valence electrons. The summed E-state index contributed by atoms with van der Waals surface area (Å²) in [6.45, 7) is 2.03. The van der Waals surface area contributed by atoms with E-state index in [9.17, 15) is 9.59 Å². The SMILES string of the molecule is CCSc1c(-c2ccccc2)n2c(=O)n(-c3ccccc3)c(=O)n12. The molecule has 0 atom stereocenters. The zero-order valence-electron chi connectivity index (χ0n) is 13.0. The first-order valence-corrected chi connectivity index (χ1v) is 8.68. The Morgan fingerprint density at radius 1 is 0.833 bits per heavy atom. The molecule has 0 N–H and O–H groups in total. The van der Waals surface area contributed by atoms with E-state index in [-0.39, 0.29) is 11.4 Å². The van der Waals surface area contributed by atoms with Gasteiger partial charge in [-0.25, -0.2) is 14.2 Å². The monoisotopic (exact) mass is 337 g/mol. The highest BCUT2D eigenvalue weighted by Gasteiger charge is 2.27. The standard InChI is InChI=1S/C18H15N3O2S/c1-2-24-16-15(13-9-5-3-6-10-13)20-17(22)19(18(23)21(16)20)14-11-7-4-8-12-14/h3-12H,2H2,1H3. The number of para-hydroxylation sites is 1. The molecule has 6 heteroatoms. The van der Waals surface area contributed by atoms with Crippen LogP contribution < -0.4 is 11.4 Å². The van der Waals surface area contributed by atoms with Crippen LogP contribution >= 0.6 is 11.8 Å². The Labute approximate surface area is 142 Å². The van der Waals surface area contributed by atoms with E-state index in [0.717, 1.165) is 22.0 Å². The van der Waals surface area contributed by atoms with Gasteiger partial charge in [0.25, 0.3) is 0 Å². The number of hydrogen-bond acceptors (Lipinski definition) is 3. The average Bonchev–Trinajstić information content (AvgIpc) is 2.81. The number of rotatable bonds is 4. The molecule has 0 aliphatic heterocycles. The Kier molecular flexibility index (Phi) is 3.54. The van der Waals surface area contributed by atoms with Gasteiger partial charge in [0.1, 0.15) is 10.7 Å². The average molecular weight is 337 g/mol. The zero-order valence-corrected chi connectivity index (χ0v) is 13.9. The maximum Gasteiger partial charge on any atom is 0.357 e. The maximum atomic E-state index is 12.9. The molecule has 0 bridgehead atoms. The summed E-state index contributed by atoms with van der Waals surface area (Å²) in [5.41, 5.74) is 1.63. The molecule has 0 unspecified atom stereocenters. The first-order chi connectivity index (χ1) is 11.7. The third-order valence-electron chi connectivity index (χ3n) is 3.89. The van der Waals surface area contributed by atoms with Gasteiger partial charge in [-0.2, -0.15) is 9.03 Å². The van der Waals surface area contributed by atoms with Crippen LogP contribution in [0.4, 0.5) is 0 Å². The fourth-order valence-corrected chi connectivity index (χ4v) is 3.76. The van der Waals surface area contributed by atoms with E-state index >= 15 is 0 Å². The van der Waals surface area contributed by atoms with Gasteiger partial charge < -0.3 is 0 Å². The number of aromatic nitrogens is 3. The Bertz CT molecular complexity index is 1090. The Hall–Kier alpha value is -2.73. The number of hydrogen-bond donors (Lipinski definition) is 0. The van der Waals surface area contributed by atoms with Gasteiger partial charge in [-0.15, -0.1) is 11.8 Å². The zero-order chi connectivity index (χ0) is 16.7. The van der Waals surface area contributed by atoms with E-state index in [0.29, 0.717) is 5.69 Å². The molecule has 0 saturated heterocycles. The highest BCUT2D eigenvalue weighted by molar-refractivity contribution is 7.99. The lowest BCUT2D eigenvalue weighted by atomic mass is 10.1. The van der Waals surface area contributed by atoms with Crippen LogP contribution in [-0.2, 0) is 0 Å². The van der Waals surface area contributed by atoms with Gasteiger partial charge in [0.15, 0.2) is 0 Å². The van der Waals surface area contributed by atoms with Crippen LogP contribution in [0.5, 0.6) is 0 Å². The summed E-state index contributed by atoms with van der Waals surface area (Å²) in [5, 5.41) is 0.820. The van der Waals surface area contributed by atoms with E-state index in [1.807, 2.05) is 55.5 Å². The van der Waals surface area contributed by atoms with Crippen molar-refractivity contribution in [2.75, 3.05) is 5.75 Å². The van der Waals surface area contributed by atoms with Gasteiger partial charge in [0.2, 0.25) is 0 Å². The molecule has 0 aliphatic rings. The summed E-state index contributed by atoms with van der Waals surface area (Å²) in [5.74, 6) is 0.822. The van der Waals surface area contributed by atoms with Crippen molar-refractivity contribution in [1.82, 2.24) is 13.6 Å². The highest BCUT2D eigenvalue weighted by atomic mass is 32.2. The fourth-order valence-electron chi connectivity index (χ4n) is 2.87. The quantitative estimate of drug-likeness (QED) is 0.538. The number of fused-ring (bicyclic) bond motifs is 1. The first kappa shape index (κ1) is 14.8. The molecule has 0 spiro atoms. The van der Waals surface area contributed by atoms with Gasteiger partial charge in [-0.1, -0.05) is 55.5 Å². The first-order valence-electron chi connectivity index (χ1n) is 7.69. The molecular weight excluding hydrogens is 322 g/mol. The van der Waals surface area contributed by atoms with Crippen LogP contribution in [0.25, 0.3) is 16.9 Å². The molecule has 0 aliphatic carbocycles. The van der Waals surface area contributed by atoms with Crippen molar-refractivity contribution in [2.45, 2.75) is 11.9 Å². The van der Waals surface area contributed by atoms with Gasteiger partial charge in [-0.3, -0.25) is 0 Å². The molecule has 2 aromatic carbocycles. The fraction of sp³-hybridized carbons (Fsp3) is 0.111. The number of nitrogens with zero attached hydrogens (tertiary/aromatic N) is 3. The van der Waals surface area contributed by atoms with Crippen LogP contribution in [0.3, 0.4) is 0 Å². The molecule has 2 heterocycles. The topological polar surface area (TPSA) is 47.9 Å². The molecule has 2 aromatic heterocycles. The molecule has 24 heavy (non-hydrogen) atoms. The Morgan fingerprint density at radius 2 is 1.42 bits per heavy atom. The van der Waals surface area contributed by atoms with E-state index in [4.69, 9.17) is 0 Å². The largest absolute Gasteiger partial charge is 0.357 e. The van der Waals surface area contributed by atoms with E-state index < -0.39 is 0 Å². The van der Waals surface area contributed by atoms with Crippen molar-refractivity contribution in [3.8, 4) is 16.9 Å². The highest BCUT2D eigenvalue weighted by Crippen LogP contribution is 2.32. The number of thioether (sulfide) groups is 1. The van der Waals surface area contributed by atoms with Crippen LogP contribution in [0.1, 0.15) is 6.92 Å². The van der Waals surface area contributed by atoms with Gasteiger partial charge in [-0.05, 0) is 17.9 Å². The summed E-state index contributed by atoms with van der Waals surface area (Å²) >= 11 is 1.56. The van der Waals surface area contributed by atoms with Crippen LogP contribution in [-0.4, -0.2) is 19.4 Å². The molecule has 0 amide bonds. The molecule has 4 rings (SSSR count). The predicted molar refractivity (Wildman–Crippen MR) is 95.7 cm³/mol. The van der Waals surface area contributed by atoms with E-state index in [1.165, 1.54) is 13.6 Å². The van der Waals surface area contributed by atoms with Crippen molar-refractivity contribution in [3.05, 3.63) is 81.6 Å². The van der Waals surface area contributed by atoms with E-state index in [1.54, 1.807) is 23.9 Å².